The number of benzene rings is 2. The van der Waals surface area contributed by atoms with E-state index in [1.54, 1.807) is 30.3 Å². The molecule has 1 unspecified atom stereocenters. The Balaban J connectivity index is 1.34. The number of hydrogen-bond donors (Lipinski definition) is 2. The second-order valence-electron chi connectivity index (χ2n) is 7.31. The number of nitrogens with one attached hydrogen (secondary N) is 2. The molecule has 3 heterocycles. The van der Waals surface area contributed by atoms with Crippen LogP contribution >= 0.6 is 0 Å². The second-order valence-corrected chi connectivity index (χ2v) is 7.31. The Labute approximate surface area is 177 Å². The predicted octanol–water partition coefficient (Wildman–Crippen LogP) is 4.63. The van der Waals surface area contributed by atoms with E-state index in [2.05, 4.69) is 35.4 Å². The maximum absolute atomic E-state index is 13.3. The van der Waals surface area contributed by atoms with Gasteiger partial charge in [0.2, 0.25) is 11.9 Å². The highest BCUT2D eigenvalue weighted by Gasteiger charge is 2.28. The summed E-state index contributed by atoms with van der Waals surface area (Å²) in [4.78, 5) is 15.2. The fourth-order valence-electron chi connectivity index (χ4n) is 3.80. The second kappa shape index (κ2) is 8.10. The SMILES string of the molecule is Fc1ccc(-c2cc(Nc3ncnc(N4CCCC4c4ccc(F)cc4)n3)n[nH]2)cc1. The van der Waals surface area contributed by atoms with Gasteiger partial charge in [-0.25, -0.2) is 18.7 Å². The van der Waals surface area contributed by atoms with Crippen molar-refractivity contribution in [3.05, 3.63) is 78.1 Å². The lowest BCUT2D eigenvalue weighted by Gasteiger charge is -2.25. The van der Waals surface area contributed by atoms with E-state index < -0.39 is 0 Å². The van der Waals surface area contributed by atoms with E-state index in [0.717, 1.165) is 36.2 Å². The Morgan fingerprint density at radius 1 is 0.968 bits per heavy atom. The highest BCUT2D eigenvalue weighted by atomic mass is 19.1. The maximum atomic E-state index is 13.3. The third-order valence-corrected chi connectivity index (χ3v) is 5.30. The summed E-state index contributed by atoms with van der Waals surface area (Å²) >= 11 is 0. The Bertz CT molecular complexity index is 1180. The lowest BCUT2D eigenvalue weighted by Crippen LogP contribution is -2.25. The van der Waals surface area contributed by atoms with Crippen LogP contribution in [0.15, 0.2) is 60.9 Å². The van der Waals surface area contributed by atoms with Crippen molar-refractivity contribution < 1.29 is 8.78 Å². The van der Waals surface area contributed by atoms with Crippen LogP contribution in [0, 0.1) is 11.6 Å². The predicted molar refractivity (Wildman–Crippen MR) is 113 cm³/mol. The summed E-state index contributed by atoms with van der Waals surface area (Å²) in [5.74, 6) is 0.914. The van der Waals surface area contributed by atoms with Crippen molar-refractivity contribution >= 4 is 17.7 Å². The largest absolute Gasteiger partial charge is 0.334 e. The van der Waals surface area contributed by atoms with Gasteiger partial charge in [0.05, 0.1) is 11.7 Å². The van der Waals surface area contributed by atoms with Gasteiger partial charge in [-0.3, -0.25) is 5.10 Å². The van der Waals surface area contributed by atoms with Gasteiger partial charge in [-0.15, -0.1) is 0 Å². The van der Waals surface area contributed by atoms with E-state index in [1.165, 1.54) is 30.6 Å². The summed E-state index contributed by atoms with van der Waals surface area (Å²) in [6.45, 7) is 0.808. The average Bonchev–Trinajstić information content (AvgIpc) is 3.45. The third kappa shape index (κ3) is 4.07. The molecule has 0 saturated carbocycles. The normalized spacial score (nSPS) is 15.9. The van der Waals surface area contributed by atoms with Gasteiger partial charge in [0, 0.05) is 12.6 Å². The van der Waals surface area contributed by atoms with Crippen molar-refractivity contribution in [2.24, 2.45) is 0 Å². The highest BCUT2D eigenvalue weighted by molar-refractivity contribution is 5.64. The molecule has 7 nitrogen and oxygen atoms in total. The zero-order valence-corrected chi connectivity index (χ0v) is 16.5. The van der Waals surface area contributed by atoms with Crippen molar-refractivity contribution in [2.45, 2.75) is 18.9 Å². The maximum Gasteiger partial charge on any atom is 0.233 e. The van der Waals surface area contributed by atoms with Gasteiger partial charge in [-0.2, -0.15) is 10.1 Å². The first-order valence-corrected chi connectivity index (χ1v) is 9.95. The molecule has 0 aliphatic carbocycles. The minimum atomic E-state index is -0.291. The Morgan fingerprint density at radius 3 is 2.48 bits per heavy atom. The molecule has 0 radical (unpaired) electrons. The number of aromatic amines is 1. The zero-order chi connectivity index (χ0) is 21.2. The standard InChI is InChI=1S/C22H19F2N7/c23-16-7-3-14(4-8-16)18-12-20(30-29-18)27-21-25-13-26-22(28-21)31-11-1-2-19(31)15-5-9-17(24)10-6-15/h3-10,12-13,19H,1-2,11H2,(H2,25,26,27,28,29,30). The summed E-state index contributed by atoms with van der Waals surface area (Å²) in [7, 11) is 0. The fourth-order valence-corrected chi connectivity index (χ4v) is 3.80. The Kier molecular flexibility index (Phi) is 4.99. The van der Waals surface area contributed by atoms with Crippen molar-refractivity contribution in [1.82, 2.24) is 25.1 Å². The molecule has 1 atom stereocenters. The monoisotopic (exact) mass is 419 g/mol. The first kappa shape index (κ1) is 19.1. The number of nitrogens with zero attached hydrogens (tertiary/aromatic N) is 5. The van der Waals surface area contributed by atoms with Crippen LogP contribution in [0.3, 0.4) is 0 Å². The van der Waals surface area contributed by atoms with Gasteiger partial charge in [-0.1, -0.05) is 12.1 Å². The average molecular weight is 419 g/mol. The van der Waals surface area contributed by atoms with Gasteiger partial charge in [0.25, 0.3) is 0 Å². The van der Waals surface area contributed by atoms with Crippen molar-refractivity contribution in [2.75, 3.05) is 16.8 Å². The molecule has 156 valence electrons. The molecule has 1 aliphatic rings. The van der Waals surface area contributed by atoms with Crippen LogP contribution in [0.25, 0.3) is 11.3 Å². The molecular weight excluding hydrogens is 400 g/mol. The summed E-state index contributed by atoms with van der Waals surface area (Å²) < 4.78 is 26.4. The Morgan fingerprint density at radius 2 is 1.71 bits per heavy atom. The molecule has 0 bridgehead atoms. The summed E-state index contributed by atoms with van der Waals surface area (Å²) in [5.41, 5.74) is 2.59. The molecule has 1 aliphatic heterocycles. The minimum absolute atomic E-state index is 0.0892. The number of hydrogen-bond acceptors (Lipinski definition) is 6. The van der Waals surface area contributed by atoms with Crippen molar-refractivity contribution in [3.8, 4) is 11.3 Å². The molecule has 1 fully saturated rings. The molecule has 9 heteroatoms. The molecule has 2 aromatic carbocycles. The van der Waals surface area contributed by atoms with Crippen LogP contribution in [0.1, 0.15) is 24.4 Å². The van der Waals surface area contributed by atoms with Crippen molar-refractivity contribution in [1.29, 1.82) is 0 Å². The Hall–Kier alpha value is -3.88. The molecule has 2 aromatic heterocycles. The van der Waals surface area contributed by atoms with Gasteiger partial charge < -0.3 is 10.2 Å². The number of aromatic nitrogens is 5. The summed E-state index contributed by atoms with van der Waals surface area (Å²) in [6, 6.07) is 14.6. The zero-order valence-electron chi connectivity index (χ0n) is 16.5. The number of halogens is 2. The topological polar surface area (TPSA) is 82.6 Å². The first-order valence-electron chi connectivity index (χ1n) is 9.95. The minimum Gasteiger partial charge on any atom is -0.334 e. The summed E-state index contributed by atoms with van der Waals surface area (Å²) in [5, 5.41) is 10.2. The van der Waals surface area contributed by atoms with Crippen LogP contribution in [0.4, 0.5) is 26.5 Å². The van der Waals surface area contributed by atoms with E-state index in [1.807, 2.05) is 0 Å². The first-order chi connectivity index (χ1) is 15.2. The van der Waals surface area contributed by atoms with Crippen molar-refractivity contribution in [3.63, 3.8) is 0 Å². The molecule has 0 spiro atoms. The number of rotatable bonds is 5. The van der Waals surface area contributed by atoms with E-state index >= 15 is 0 Å². The van der Waals surface area contributed by atoms with Crippen LogP contribution in [-0.4, -0.2) is 31.7 Å². The molecule has 1 saturated heterocycles. The molecule has 2 N–H and O–H groups in total. The van der Waals surface area contributed by atoms with Gasteiger partial charge >= 0.3 is 0 Å². The molecule has 5 rings (SSSR count). The van der Waals surface area contributed by atoms with Crippen LogP contribution in [0.2, 0.25) is 0 Å². The smallest absolute Gasteiger partial charge is 0.233 e. The molecular formula is C22H19F2N7. The molecule has 4 aromatic rings. The summed E-state index contributed by atoms with van der Waals surface area (Å²) in [6.07, 6.45) is 3.40. The van der Waals surface area contributed by atoms with Crippen LogP contribution < -0.4 is 10.2 Å². The fraction of sp³-hybridized carbons (Fsp3) is 0.182. The van der Waals surface area contributed by atoms with Gasteiger partial charge in [-0.05, 0) is 60.4 Å². The quantitative estimate of drug-likeness (QED) is 0.491. The van der Waals surface area contributed by atoms with Gasteiger partial charge in [0.1, 0.15) is 18.0 Å². The van der Waals surface area contributed by atoms with Crippen LogP contribution in [0.5, 0.6) is 0 Å². The number of anilines is 3. The number of H-pyrrole nitrogens is 1. The lowest BCUT2D eigenvalue weighted by atomic mass is 10.0. The third-order valence-electron chi connectivity index (χ3n) is 5.30. The molecule has 31 heavy (non-hydrogen) atoms. The highest BCUT2D eigenvalue weighted by Crippen LogP contribution is 2.34. The van der Waals surface area contributed by atoms with E-state index in [0.29, 0.717) is 17.7 Å². The van der Waals surface area contributed by atoms with E-state index in [9.17, 15) is 8.78 Å². The van der Waals surface area contributed by atoms with Gasteiger partial charge in [0.15, 0.2) is 5.82 Å². The lowest BCUT2D eigenvalue weighted by molar-refractivity contribution is 0.623. The molecule has 0 amide bonds. The van der Waals surface area contributed by atoms with E-state index in [4.69, 9.17) is 0 Å². The van der Waals surface area contributed by atoms with Crippen LogP contribution in [-0.2, 0) is 0 Å². The van der Waals surface area contributed by atoms with E-state index in [-0.39, 0.29) is 17.7 Å².